The van der Waals surface area contributed by atoms with Crippen molar-refractivity contribution >= 4 is 0 Å². The lowest BCUT2D eigenvalue weighted by Crippen LogP contribution is -2.34. The van der Waals surface area contributed by atoms with Gasteiger partial charge in [-0.2, -0.15) is 0 Å². The Morgan fingerprint density at radius 2 is 2.15 bits per heavy atom. The predicted molar refractivity (Wildman–Crippen MR) is 82.6 cm³/mol. The minimum absolute atomic E-state index is 0.502. The van der Waals surface area contributed by atoms with Crippen LogP contribution in [-0.2, 0) is 13.1 Å². The molecule has 2 atom stereocenters. The van der Waals surface area contributed by atoms with Gasteiger partial charge in [0.25, 0.3) is 0 Å². The van der Waals surface area contributed by atoms with Crippen LogP contribution in [0.3, 0.4) is 0 Å². The quantitative estimate of drug-likeness (QED) is 0.865. The molecule has 20 heavy (non-hydrogen) atoms. The molecule has 114 valence electrons. The van der Waals surface area contributed by atoms with E-state index in [1.165, 1.54) is 5.56 Å². The van der Waals surface area contributed by atoms with Gasteiger partial charge < -0.3 is 14.6 Å². The smallest absolute Gasteiger partial charge is 0.122 e. The third-order valence-electron chi connectivity index (χ3n) is 4.22. The van der Waals surface area contributed by atoms with Crippen molar-refractivity contribution in [2.45, 2.75) is 45.9 Å². The van der Waals surface area contributed by atoms with Crippen LogP contribution in [0.2, 0.25) is 0 Å². The van der Waals surface area contributed by atoms with E-state index in [1.807, 2.05) is 6.26 Å². The highest BCUT2D eigenvalue weighted by Gasteiger charge is 2.31. The first-order chi connectivity index (χ1) is 9.47. The Morgan fingerprint density at radius 3 is 2.75 bits per heavy atom. The molecule has 4 heteroatoms. The minimum atomic E-state index is 0.502. The third-order valence-corrected chi connectivity index (χ3v) is 4.22. The number of nitrogens with one attached hydrogen (secondary N) is 1. The topological polar surface area (TPSA) is 31.7 Å². The second kappa shape index (κ2) is 6.74. The summed E-state index contributed by atoms with van der Waals surface area (Å²) in [6.07, 6.45) is 1.82. The fraction of sp³-hybridized carbons (Fsp3) is 0.750. The Kier molecular flexibility index (Phi) is 5.24. The van der Waals surface area contributed by atoms with E-state index in [9.17, 15) is 0 Å². The molecule has 1 N–H and O–H groups in total. The number of furan rings is 1. The molecular weight excluding hydrogens is 250 g/mol. The van der Waals surface area contributed by atoms with Crippen molar-refractivity contribution in [1.82, 2.24) is 15.1 Å². The van der Waals surface area contributed by atoms with E-state index in [0.717, 1.165) is 37.9 Å². The van der Waals surface area contributed by atoms with Gasteiger partial charge in [-0.25, -0.2) is 0 Å². The lowest BCUT2D eigenvalue weighted by Gasteiger charge is -2.22. The second-order valence-corrected chi connectivity index (χ2v) is 6.61. The number of hydrogen-bond acceptors (Lipinski definition) is 4. The van der Waals surface area contributed by atoms with E-state index in [-0.39, 0.29) is 0 Å². The molecule has 0 saturated carbocycles. The number of hydrogen-bond donors (Lipinski definition) is 1. The summed E-state index contributed by atoms with van der Waals surface area (Å²) in [5.74, 6) is 1.84. The molecule has 1 aromatic rings. The monoisotopic (exact) mass is 279 g/mol. The number of nitrogens with zero attached hydrogens (tertiary/aromatic N) is 2. The Hall–Kier alpha value is -0.840. The first-order valence-electron chi connectivity index (χ1n) is 7.64. The van der Waals surface area contributed by atoms with Gasteiger partial charge >= 0.3 is 0 Å². The SMILES string of the molecule is CC(C)NCc1ccoc1CN1CC(C)C(N(C)C)C1. The maximum absolute atomic E-state index is 5.69. The van der Waals surface area contributed by atoms with Gasteiger partial charge in [-0.1, -0.05) is 20.8 Å². The summed E-state index contributed by atoms with van der Waals surface area (Å²) in [6, 6.07) is 3.25. The fourth-order valence-corrected chi connectivity index (χ4v) is 3.03. The van der Waals surface area contributed by atoms with Crippen molar-refractivity contribution in [1.29, 1.82) is 0 Å². The third kappa shape index (κ3) is 3.84. The van der Waals surface area contributed by atoms with E-state index in [4.69, 9.17) is 4.42 Å². The summed E-state index contributed by atoms with van der Waals surface area (Å²) in [6.45, 7) is 10.8. The molecule has 0 bridgehead atoms. The molecule has 1 aliphatic rings. The highest BCUT2D eigenvalue weighted by atomic mass is 16.3. The van der Waals surface area contributed by atoms with Crippen molar-refractivity contribution < 1.29 is 4.42 Å². The second-order valence-electron chi connectivity index (χ2n) is 6.61. The van der Waals surface area contributed by atoms with Crippen molar-refractivity contribution in [3.05, 3.63) is 23.7 Å². The molecule has 0 aromatic carbocycles. The summed E-state index contributed by atoms with van der Waals surface area (Å²) in [4.78, 5) is 4.85. The van der Waals surface area contributed by atoms with Crippen LogP contribution < -0.4 is 5.32 Å². The summed E-state index contributed by atoms with van der Waals surface area (Å²) in [7, 11) is 4.35. The van der Waals surface area contributed by atoms with E-state index in [0.29, 0.717) is 12.1 Å². The molecule has 0 radical (unpaired) electrons. The summed E-state index contributed by atoms with van der Waals surface area (Å²) >= 11 is 0. The van der Waals surface area contributed by atoms with Crippen molar-refractivity contribution in [3.63, 3.8) is 0 Å². The van der Waals surface area contributed by atoms with E-state index < -0.39 is 0 Å². The Bertz CT molecular complexity index is 414. The van der Waals surface area contributed by atoms with Gasteiger partial charge in [0.05, 0.1) is 12.8 Å². The average molecular weight is 279 g/mol. The number of likely N-dealkylation sites (N-methyl/N-ethyl adjacent to an activating group) is 1. The van der Waals surface area contributed by atoms with Gasteiger partial charge in [-0.3, -0.25) is 4.90 Å². The first-order valence-corrected chi connectivity index (χ1v) is 7.64. The Labute approximate surface area is 123 Å². The molecule has 0 spiro atoms. The van der Waals surface area contributed by atoms with Gasteiger partial charge in [-0.15, -0.1) is 0 Å². The first kappa shape index (κ1) is 15.5. The van der Waals surface area contributed by atoms with E-state index >= 15 is 0 Å². The van der Waals surface area contributed by atoms with Crippen molar-refractivity contribution in [2.75, 3.05) is 27.2 Å². The molecule has 0 amide bonds. The number of likely N-dealkylation sites (tertiary alicyclic amines) is 1. The Balaban J connectivity index is 1.93. The van der Waals surface area contributed by atoms with Crippen LogP contribution in [-0.4, -0.2) is 49.1 Å². The van der Waals surface area contributed by atoms with Gasteiger partial charge in [-0.05, 0) is 26.1 Å². The normalized spacial score (nSPS) is 24.1. The van der Waals surface area contributed by atoms with Gasteiger partial charge in [0.2, 0.25) is 0 Å². The molecule has 1 saturated heterocycles. The van der Waals surface area contributed by atoms with Crippen LogP contribution in [0, 0.1) is 5.92 Å². The van der Waals surface area contributed by atoms with Crippen LogP contribution in [0.1, 0.15) is 32.1 Å². The zero-order chi connectivity index (χ0) is 14.7. The summed E-state index contributed by atoms with van der Waals surface area (Å²) in [5.41, 5.74) is 1.29. The standard InChI is InChI=1S/C16H29N3O/c1-12(2)17-8-14-6-7-20-16(14)11-19-9-13(3)15(10-19)18(4)5/h6-7,12-13,15,17H,8-11H2,1-5H3. The van der Waals surface area contributed by atoms with Crippen LogP contribution >= 0.6 is 0 Å². The largest absolute Gasteiger partial charge is 0.468 e. The molecule has 0 aliphatic carbocycles. The molecule has 2 rings (SSSR count). The molecule has 2 heterocycles. The molecule has 4 nitrogen and oxygen atoms in total. The van der Waals surface area contributed by atoms with Crippen LogP contribution in [0.15, 0.2) is 16.7 Å². The van der Waals surface area contributed by atoms with Crippen LogP contribution in [0.5, 0.6) is 0 Å². The zero-order valence-electron chi connectivity index (χ0n) is 13.5. The van der Waals surface area contributed by atoms with Crippen LogP contribution in [0.25, 0.3) is 0 Å². The van der Waals surface area contributed by atoms with Gasteiger partial charge in [0.1, 0.15) is 5.76 Å². The average Bonchev–Trinajstić information content (AvgIpc) is 2.94. The number of rotatable bonds is 6. The molecule has 1 fully saturated rings. The lowest BCUT2D eigenvalue weighted by atomic mass is 10.1. The maximum Gasteiger partial charge on any atom is 0.122 e. The van der Waals surface area contributed by atoms with E-state index in [2.05, 4.69) is 56.0 Å². The summed E-state index contributed by atoms with van der Waals surface area (Å²) in [5, 5.41) is 3.46. The minimum Gasteiger partial charge on any atom is -0.468 e. The van der Waals surface area contributed by atoms with Crippen LogP contribution in [0.4, 0.5) is 0 Å². The Morgan fingerprint density at radius 1 is 1.40 bits per heavy atom. The van der Waals surface area contributed by atoms with Gasteiger partial charge in [0.15, 0.2) is 0 Å². The molecule has 1 aliphatic heterocycles. The summed E-state index contributed by atoms with van der Waals surface area (Å²) < 4.78 is 5.69. The zero-order valence-corrected chi connectivity index (χ0v) is 13.5. The van der Waals surface area contributed by atoms with Crippen molar-refractivity contribution in [2.24, 2.45) is 5.92 Å². The van der Waals surface area contributed by atoms with Crippen molar-refractivity contribution in [3.8, 4) is 0 Å². The van der Waals surface area contributed by atoms with Gasteiger partial charge in [0, 0.05) is 37.3 Å². The molecule has 1 aromatic heterocycles. The highest BCUT2D eigenvalue weighted by Crippen LogP contribution is 2.23. The molecule has 2 unspecified atom stereocenters. The highest BCUT2D eigenvalue weighted by molar-refractivity contribution is 5.17. The predicted octanol–water partition coefficient (Wildman–Crippen LogP) is 2.16. The molecular formula is C16H29N3O. The maximum atomic E-state index is 5.69. The fourth-order valence-electron chi connectivity index (χ4n) is 3.03. The lowest BCUT2D eigenvalue weighted by molar-refractivity contribution is 0.243. The van der Waals surface area contributed by atoms with E-state index in [1.54, 1.807) is 0 Å².